The highest BCUT2D eigenvalue weighted by atomic mass is 16.5. The lowest BCUT2D eigenvalue weighted by molar-refractivity contribution is -0.125. The van der Waals surface area contributed by atoms with Crippen molar-refractivity contribution in [2.24, 2.45) is 7.05 Å². The van der Waals surface area contributed by atoms with Gasteiger partial charge in [-0.2, -0.15) is 0 Å². The van der Waals surface area contributed by atoms with Crippen molar-refractivity contribution in [3.05, 3.63) is 11.6 Å². The Hall–Kier alpha value is -1.43. The molecule has 1 saturated carbocycles. The van der Waals surface area contributed by atoms with E-state index in [1.165, 1.54) is 19.3 Å². The summed E-state index contributed by atoms with van der Waals surface area (Å²) >= 11 is 0. The van der Waals surface area contributed by atoms with Gasteiger partial charge in [0, 0.05) is 19.6 Å². The quantitative estimate of drug-likeness (QED) is 0.896. The van der Waals surface area contributed by atoms with Crippen LogP contribution in [0.2, 0.25) is 0 Å². The Bertz CT molecular complexity index is 490. The van der Waals surface area contributed by atoms with Gasteiger partial charge in [-0.25, -0.2) is 0 Å². The maximum Gasteiger partial charge on any atom is 0.222 e. The van der Waals surface area contributed by atoms with E-state index in [1.54, 1.807) is 0 Å². The standard InChI is InChI=1S/C15H24N4O2/c1-19-13(17-18-15(19)11-5-4-6-11)10-16-14(20)9-12-7-2-3-8-21-12/h11-12H,2-10H2,1H3,(H,16,20). The van der Waals surface area contributed by atoms with Crippen molar-refractivity contribution in [3.63, 3.8) is 0 Å². The molecular formula is C15H24N4O2. The fraction of sp³-hybridized carbons (Fsp3) is 0.800. The molecule has 1 saturated heterocycles. The largest absolute Gasteiger partial charge is 0.378 e. The Balaban J connectivity index is 1.48. The number of ether oxygens (including phenoxy) is 1. The highest BCUT2D eigenvalue weighted by Gasteiger charge is 2.25. The third-order valence-corrected chi connectivity index (χ3v) is 4.60. The van der Waals surface area contributed by atoms with Gasteiger partial charge < -0.3 is 14.6 Å². The molecule has 1 aromatic heterocycles. The maximum atomic E-state index is 12.0. The molecule has 1 aromatic rings. The molecule has 1 aliphatic heterocycles. The van der Waals surface area contributed by atoms with Gasteiger partial charge in [0.1, 0.15) is 5.82 Å². The molecule has 116 valence electrons. The molecule has 1 aliphatic carbocycles. The summed E-state index contributed by atoms with van der Waals surface area (Å²) in [6.07, 6.45) is 7.49. The van der Waals surface area contributed by atoms with Crippen molar-refractivity contribution in [2.45, 2.75) is 63.5 Å². The SMILES string of the molecule is Cn1c(CNC(=O)CC2CCCCO2)nnc1C1CCC1. The molecule has 0 aromatic carbocycles. The minimum Gasteiger partial charge on any atom is -0.378 e. The van der Waals surface area contributed by atoms with Gasteiger partial charge >= 0.3 is 0 Å². The van der Waals surface area contributed by atoms with Gasteiger partial charge in [0.2, 0.25) is 5.91 Å². The van der Waals surface area contributed by atoms with E-state index in [0.717, 1.165) is 37.5 Å². The zero-order chi connectivity index (χ0) is 14.7. The van der Waals surface area contributed by atoms with E-state index in [9.17, 15) is 4.79 Å². The molecule has 3 rings (SSSR count). The van der Waals surface area contributed by atoms with Crippen LogP contribution in [-0.2, 0) is 23.1 Å². The van der Waals surface area contributed by atoms with Crippen LogP contribution >= 0.6 is 0 Å². The monoisotopic (exact) mass is 292 g/mol. The molecule has 6 nitrogen and oxygen atoms in total. The Morgan fingerprint density at radius 3 is 2.81 bits per heavy atom. The smallest absolute Gasteiger partial charge is 0.222 e. The molecule has 0 spiro atoms. The van der Waals surface area contributed by atoms with E-state index in [0.29, 0.717) is 18.9 Å². The first kappa shape index (κ1) is 14.5. The molecule has 0 radical (unpaired) electrons. The minimum absolute atomic E-state index is 0.0371. The summed E-state index contributed by atoms with van der Waals surface area (Å²) in [7, 11) is 1.99. The van der Waals surface area contributed by atoms with Crippen LogP contribution in [0.15, 0.2) is 0 Å². The Morgan fingerprint density at radius 2 is 2.14 bits per heavy atom. The molecular weight excluding hydrogens is 268 g/mol. The van der Waals surface area contributed by atoms with Crippen LogP contribution in [0.3, 0.4) is 0 Å². The van der Waals surface area contributed by atoms with Gasteiger partial charge in [-0.1, -0.05) is 6.42 Å². The van der Waals surface area contributed by atoms with Gasteiger partial charge in [-0.15, -0.1) is 10.2 Å². The van der Waals surface area contributed by atoms with Crippen molar-refractivity contribution in [3.8, 4) is 0 Å². The first-order chi connectivity index (χ1) is 10.2. The second kappa shape index (κ2) is 6.56. The average molecular weight is 292 g/mol. The lowest BCUT2D eigenvalue weighted by atomic mass is 9.85. The molecule has 2 aliphatic rings. The predicted molar refractivity (Wildman–Crippen MR) is 77.6 cm³/mol. The molecule has 1 atom stereocenters. The van der Waals surface area contributed by atoms with Gasteiger partial charge in [-0.3, -0.25) is 4.79 Å². The van der Waals surface area contributed by atoms with Gasteiger partial charge in [0.05, 0.1) is 19.1 Å². The summed E-state index contributed by atoms with van der Waals surface area (Å²) in [6, 6.07) is 0. The average Bonchev–Trinajstić information content (AvgIpc) is 2.78. The number of amides is 1. The van der Waals surface area contributed by atoms with E-state index in [4.69, 9.17) is 4.74 Å². The summed E-state index contributed by atoms with van der Waals surface area (Å²) in [4.78, 5) is 12.0. The van der Waals surface area contributed by atoms with Crippen LogP contribution < -0.4 is 5.32 Å². The summed E-state index contributed by atoms with van der Waals surface area (Å²) in [6.45, 7) is 1.23. The van der Waals surface area contributed by atoms with Crippen LogP contribution in [0.4, 0.5) is 0 Å². The van der Waals surface area contributed by atoms with Crippen molar-refractivity contribution in [1.82, 2.24) is 20.1 Å². The van der Waals surface area contributed by atoms with Gasteiger partial charge in [-0.05, 0) is 32.1 Å². The zero-order valence-corrected chi connectivity index (χ0v) is 12.7. The second-order valence-electron chi connectivity index (χ2n) is 6.13. The maximum absolute atomic E-state index is 12.0. The second-order valence-corrected chi connectivity index (χ2v) is 6.13. The van der Waals surface area contributed by atoms with Crippen molar-refractivity contribution in [1.29, 1.82) is 0 Å². The topological polar surface area (TPSA) is 69.0 Å². The number of rotatable bonds is 5. The Morgan fingerprint density at radius 1 is 1.29 bits per heavy atom. The first-order valence-corrected chi connectivity index (χ1v) is 8.00. The molecule has 1 unspecified atom stereocenters. The van der Waals surface area contributed by atoms with E-state index in [1.807, 2.05) is 11.6 Å². The van der Waals surface area contributed by atoms with Crippen LogP contribution in [0, 0.1) is 0 Å². The van der Waals surface area contributed by atoms with E-state index >= 15 is 0 Å². The number of nitrogens with one attached hydrogen (secondary N) is 1. The van der Waals surface area contributed by atoms with E-state index in [-0.39, 0.29) is 12.0 Å². The van der Waals surface area contributed by atoms with Crippen molar-refractivity contribution in [2.75, 3.05) is 6.61 Å². The van der Waals surface area contributed by atoms with Crippen molar-refractivity contribution >= 4 is 5.91 Å². The first-order valence-electron chi connectivity index (χ1n) is 8.00. The number of hydrogen-bond acceptors (Lipinski definition) is 4. The molecule has 1 N–H and O–H groups in total. The number of aromatic nitrogens is 3. The minimum atomic E-state index is 0.0371. The molecule has 21 heavy (non-hydrogen) atoms. The fourth-order valence-electron chi connectivity index (χ4n) is 2.98. The van der Waals surface area contributed by atoms with Crippen LogP contribution in [-0.4, -0.2) is 33.4 Å². The van der Waals surface area contributed by atoms with E-state index < -0.39 is 0 Å². The highest BCUT2D eigenvalue weighted by Crippen LogP contribution is 2.35. The molecule has 0 bridgehead atoms. The zero-order valence-electron chi connectivity index (χ0n) is 12.7. The van der Waals surface area contributed by atoms with Gasteiger partial charge in [0.25, 0.3) is 0 Å². The molecule has 1 amide bonds. The Kier molecular flexibility index (Phi) is 4.53. The number of nitrogens with zero attached hydrogens (tertiary/aromatic N) is 3. The summed E-state index contributed by atoms with van der Waals surface area (Å²) < 4.78 is 7.62. The molecule has 2 fully saturated rings. The highest BCUT2D eigenvalue weighted by molar-refractivity contribution is 5.76. The van der Waals surface area contributed by atoms with Crippen molar-refractivity contribution < 1.29 is 9.53 Å². The van der Waals surface area contributed by atoms with Crippen LogP contribution in [0.1, 0.15) is 62.5 Å². The number of carbonyl (C=O) groups excluding carboxylic acids is 1. The number of hydrogen-bond donors (Lipinski definition) is 1. The lowest BCUT2D eigenvalue weighted by Crippen LogP contribution is -2.30. The summed E-state index contributed by atoms with van der Waals surface area (Å²) in [5, 5.41) is 11.4. The predicted octanol–water partition coefficient (Wildman–Crippen LogP) is 1.66. The Labute approximate surface area is 125 Å². The third-order valence-electron chi connectivity index (χ3n) is 4.60. The van der Waals surface area contributed by atoms with Gasteiger partial charge in [0.15, 0.2) is 5.82 Å². The molecule has 6 heteroatoms. The number of carbonyl (C=O) groups is 1. The van der Waals surface area contributed by atoms with Crippen LogP contribution in [0.5, 0.6) is 0 Å². The normalized spacial score (nSPS) is 22.8. The summed E-state index contributed by atoms with van der Waals surface area (Å²) in [5.74, 6) is 2.48. The van der Waals surface area contributed by atoms with Crippen LogP contribution in [0.25, 0.3) is 0 Å². The van der Waals surface area contributed by atoms with E-state index in [2.05, 4.69) is 15.5 Å². The fourth-order valence-corrected chi connectivity index (χ4v) is 2.98. The third kappa shape index (κ3) is 3.43. The lowest BCUT2D eigenvalue weighted by Gasteiger charge is -2.24. The summed E-state index contributed by atoms with van der Waals surface area (Å²) in [5.41, 5.74) is 0. The molecule has 2 heterocycles.